The lowest BCUT2D eigenvalue weighted by Crippen LogP contribution is -2.12. The van der Waals surface area contributed by atoms with Crippen LogP contribution in [0.25, 0.3) is 88.3 Å². The number of hydrogen-bond acceptors (Lipinski definition) is 4. The Bertz CT molecular complexity index is 3200. The summed E-state index contributed by atoms with van der Waals surface area (Å²) in [4.78, 5) is 7.33. The van der Waals surface area contributed by atoms with Crippen LogP contribution in [0.3, 0.4) is 0 Å². The zero-order chi connectivity index (χ0) is 36.3. The Kier molecular flexibility index (Phi) is 7.14. The molecule has 4 nitrogen and oxygen atoms in total. The van der Waals surface area contributed by atoms with Crippen molar-refractivity contribution < 1.29 is 8.83 Å². The van der Waals surface area contributed by atoms with Gasteiger partial charge in [0.1, 0.15) is 16.7 Å². The third-order valence-electron chi connectivity index (χ3n) is 10.7. The molecule has 0 saturated carbocycles. The van der Waals surface area contributed by atoms with E-state index in [4.69, 9.17) is 13.8 Å². The maximum absolute atomic E-state index is 6.46. The molecule has 4 heteroatoms. The van der Waals surface area contributed by atoms with Crippen molar-refractivity contribution in [3.05, 3.63) is 194 Å². The summed E-state index contributed by atoms with van der Waals surface area (Å²) < 4.78 is 12.6. The van der Waals surface area contributed by atoms with Gasteiger partial charge >= 0.3 is 0 Å². The van der Waals surface area contributed by atoms with Crippen LogP contribution in [0.15, 0.2) is 203 Å². The highest BCUT2D eigenvalue weighted by molar-refractivity contribution is 6.17. The molecule has 258 valence electrons. The van der Waals surface area contributed by atoms with Gasteiger partial charge in [0.05, 0.1) is 16.8 Å². The Morgan fingerprint density at radius 2 is 1.04 bits per heavy atom. The first-order chi connectivity index (χ1) is 27.3. The Morgan fingerprint density at radius 3 is 1.85 bits per heavy atom. The Labute approximate surface area is 317 Å². The van der Waals surface area contributed by atoms with Crippen molar-refractivity contribution in [1.82, 2.24) is 4.98 Å². The maximum atomic E-state index is 6.46. The number of oxazole rings is 1. The number of aromatic nitrogens is 1. The molecule has 2 heterocycles. The molecule has 0 aliphatic carbocycles. The van der Waals surface area contributed by atoms with Gasteiger partial charge in [-0.3, -0.25) is 0 Å². The lowest BCUT2D eigenvalue weighted by molar-refractivity contribution is 0.619. The van der Waals surface area contributed by atoms with Crippen molar-refractivity contribution in [2.24, 2.45) is 0 Å². The molecule has 11 rings (SSSR count). The van der Waals surface area contributed by atoms with Crippen LogP contribution < -0.4 is 4.90 Å². The number of anilines is 3. The van der Waals surface area contributed by atoms with E-state index in [1.54, 1.807) is 0 Å². The summed E-state index contributed by atoms with van der Waals surface area (Å²) >= 11 is 0. The van der Waals surface area contributed by atoms with Crippen molar-refractivity contribution in [1.29, 1.82) is 0 Å². The zero-order valence-electron chi connectivity index (χ0n) is 29.7. The standard InChI is InChI=1S/C51H32N2O2/c1-3-13-34(14-4-1)40-19-11-12-22-44(40)53(45-31-37-17-7-8-18-39(37)41-20-9-10-21-42(41)45)38-26-23-33(24-27-38)36-25-28-43-48(32-36)54-46-29-30-47-50(49(43)46)52-51(55-47)35-15-5-2-6-16-35/h1-32H. The molecule has 0 amide bonds. The molecule has 0 aliphatic rings. The van der Waals surface area contributed by atoms with Crippen LogP contribution in [0.4, 0.5) is 17.1 Å². The topological polar surface area (TPSA) is 42.4 Å². The first-order valence-corrected chi connectivity index (χ1v) is 18.5. The number of benzene rings is 9. The molecular weight excluding hydrogens is 673 g/mol. The van der Waals surface area contributed by atoms with Crippen molar-refractivity contribution >= 4 is 71.6 Å². The van der Waals surface area contributed by atoms with E-state index in [0.29, 0.717) is 5.89 Å². The number of nitrogens with zero attached hydrogens (tertiary/aromatic N) is 2. The van der Waals surface area contributed by atoms with Crippen molar-refractivity contribution in [3.8, 4) is 33.7 Å². The molecule has 0 radical (unpaired) electrons. The van der Waals surface area contributed by atoms with E-state index in [2.05, 4.69) is 157 Å². The Morgan fingerprint density at radius 1 is 0.382 bits per heavy atom. The summed E-state index contributed by atoms with van der Waals surface area (Å²) in [5.74, 6) is 0.603. The SMILES string of the molecule is c1ccc(-c2nc3c(ccc4oc5cc(-c6ccc(N(c7ccccc7-c7ccccc7)c7cc8ccccc8c8ccccc78)cc6)ccc5c43)o2)cc1. The van der Waals surface area contributed by atoms with Gasteiger partial charge in [-0.05, 0) is 93.5 Å². The van der Waals surface area contributed by atoms with Crippen LogP contribution >= 0.6 is 0 Å². The second kappa shape index (κ2) is 12.6. The van der Waals surface area contributed by atoms with E-state index in [0.717, 1.165) is 72.4 Å². The van der Waals surface area contributed by atoms with Gasteiger partial charge in [0, 0.05) is 27.6 Å². The summed E-state index contributed by atoms with van der Waals surface area (Å²) in [5, 5.41) is 6.86. The van der Waals surface area contributed by atoms with Crippen LogP contribution in [-0.2, 0) is 0 Å². The average Bonchev–Trinajstić information content (AvgIpc) is 3.86. The number of furan rings is 1. The highest BCUT2D eigenvalue weighted by atomic mass is 16.4. The van der Waals surface area contributed by atoms with Gasteiger partial charge in [-0.15, -0.1) is 0 Å². The van der Waals surface area contributed by atoms with Crippen LogP contribution in [0.1, 0.15) is 0 Å². The molecular formula is C51H32N2O2. The largest absolute Gasteiger partial charge is 0.456 e. The molecule has 9 aromatic carbocycles. The lowest BCUT2D eigenvalue weighted by Gasteiger charge is -2.29. The van der Waals surface area contributed by atoms with Gasteiger partial charge in [-0.1, -0.05) is 133 Å². The van der Waals surface area contributed by atoms with Gasteiger partial charge in [-0.25, -0.2) is 4.98 Å². The lowest BCUT2D eigenvalue weighted by atomic mass is 9.97. The van der Waals surface area contributed by atoms with Gasteiger partial charge in [0.25, 0.3) is 0 Å². The molecule has 11 aromatic rings. The summed E-state index contributed by atoms with van der Waals surface area (Å²) in [6, 6.07) is 68.3. The molecule has 0 N–H and O–H groups in total. The Balaban J connectivity index is 1.04. The number of rotatable bonds is 6. The highest BCUT2D eigenvalue weighted by Crippen LogP contribution is 2.46. The van der Waals surface area contributed by atoms with E-state index >= 15 is 0 Å². The number of para-hydroxylation sites is 1. The fraction of sp³-hybridized carbons (Fsp3) is 0. The van der Waals surface area contributed by atoms with E-state index in [1.807, 2.05) is 42.5 Å². The van der Waals surface area contributed by atoms with E-state index in [9.17, 15) is 0 Å². The van der Waals surface area contributed by atoms with Crippen LogP contribution in [0.5, 0.6) is 0 Å². The monoisotopic (exact) mass is 704 g/mol. The van der Waals surface area contributed by atoms with Gasteiger partial charge in [0.2, 0.25) is 5.89 Å². The molecule has 0 saturated heterocycles. The molecule has 0 bridgehead atoms. The highest BCUT2D eigenvalue weighted by Gasteiger charge is 2.21. The molecule has 0 fully saturated rings. The smallest absolute Gasteiger partial charge is 0.227 e. The minimum absolute atomic E-state index is 0.603. The molecule has 55 heavy (non-hydrogen) atoms. The predicted molar refractivity (Wildman–Crippen MR) is 227 cm³/mol. The molecule has 0 spiro atoms. The minimum Gasteiger partial charge on any atom is -0.456 e. The first kappa shape index (κ1) is 31.1. The van der Waals surface area contributed by atoms with E-state index in [-0.39, 0.29) is 0 Å². The molecule has 2 aromatic heterocycles. The number of hydrogen-bond donors (Lipinski definition) is 0. The molecule has 0 unspecified atom stereocenters. The maximum Gasteiger partial charge on any atom is 0.227 e. The molecule has 0 atom stereocenters. The summed E-state index contributed by atoms with van der Waals surface area (Å²) in [6.07, 6.45) is 0. The number of fused-ring (bicyclic) bond motifs is 8. The van der Waals surface area contributed by atoms with Gasteiger partial charge in [0.15, 0.2) is 5.58 Å². The first-order valence-electron chi connectivity index (χ1n) is 18.5. The zero-order valence-corrected chi connectivity index (χ0v) is 29.7. The summed E-state index contributed by atoms with van der Waals surface area (Å²) in [6.45, 7) is 0. The van der Waals surface area contributed by atoms with Crippen molar-refractivity contribution in [2.45, 2.75) is 0 Å². The second-order valence-corrected chi connectivity index (χ2v) is 13.9. The third kappa shape index (κ3) is 5.19. The summed E-state index contributed by atoms with van der Waals surface area (Å²) in [5.41, 5.74) is 11.9. The minimum atomic E-state index is 0.603. The Hall–Kier alpha value is -7.43. The van der Waals surface area contributed by atoms with Crippen molar-refractivity contribution in [2.75, 3.05) is 4.90 Å². The third-order valence-corrected chi connectivity index (χ3v) is 10.7. The van der Waals surface area contributed by atoms with Gasteiger partial charge in [-0.2, -0.15) is 0 Å². The van der Waals surface area contributed by atoms with Crippen LogP contribution in [-0.4, -0.2) is 4.98 Å². The fourth-order valence-corrected chi connectivity index (χ4v) is 8.10. The second-order valence-electron chi connectivity index (χ2n) is 13.9. The predicted octanol–water partition coefficient (Wildman–Crippen LogP) is 14.5. The van der Waals surface area contributed by atoms with E-state index < -0.39 is 0 Å². The van der Waals surface area contributed by atoms with Crippen LogP contribution in [0, 0.1) is 0 Å². The van der Waals surface area contributed by atoms with E-state index in [1.165, 1.54) is 27.1 Å². The average molecular weight is 705 g/mol. The fourth-order valence-electron chi connectivity index (χ4n) is 8.10. The normalized spacial score (nSPS) is 11.6. The molecule has 0 aliphatic heterocycles. The quantitative estimate of drug-likeness (QED) is 0.162. The van der Waals surface area contributed by atoms with Gasteiger partial charge < -0.3 is 13.7 Å². The summed E-state index contributed by atoms with van der Waals surface area (Å²) in [7, 11) is 0. The van der Waals surface area contributed by atoms with Crippen LogP contribution in [0.2, 0.25) is 0 Å². The van der Waals surface area contributed by atoms with Crippen molar-refractivity contribution in [3.63, 3.8) is 0 Å².